The summed E-state index contributed by atoms with van der Waals surface area (Å²) in [5.41, 5.74) is 0.139. The van der Waals surface area contributed by atoms with Gasteiger partial charge in [0.15, 0.2) is 0 Å². The second kappa shape index (κ2) is 6.35. The molecule has 6 heteroatoms. The van der Waals surface area contributed by atoms with Gasteiger partial charge in [0.2, 0.25) is 0 Å². The quantitative estimate of drug-likeness (QED) is 0.840. The molecule has 5 nitrogen and oxygen atoms in total. The number of ether oxygens (including phenoxy) is 1. The first-order chi connectivity index (χ1) is 9.87. The fourth-order valence-corrected chi connectivity index (χ4v) is 3.17. The molecular formula is C15H19N3O2S. The highest BCUT2D eigenvalue weighted by molar-refractivity contribution is 7.99. The molecule has 1 aliphatic heterocycles. The number of pyridine rings is 1. The van der Waals surface area contributed by atoms with Crippen LogP contribution in [-0.4, -0.2) is 39.9 Å². The molecular weight excluding hydrogens is 286 g/mol. The Labute approximate surface area is 129 Å². The van der Waals surface area contributed by atoms with Crippen molar-refractivity contribution in [3.63, 3.8) is 0 Å². The predicted molar refractivity (Wildman–Crippen MR) is 81.0 cm³/mol. The third-order valence-electron chi connectivity index (χ3n) is 2.95. The Balaban J connectivity index is 1.91. The third-order valence-corrected chi connectivity index (χ3v) is 4.13. The fraction of sp³-hybridized carbons (Fsp3) is 0.533. The summed E-state index contributed by atoms with van der Waals surface area (Å²) in [7, 11) is 0. The lowest BCUT2D eigenvalue weighted by molar-refractivity contribution is 0.0295. The first-order valence-corrected chi connectivity index (χ1v) is 7.76. The number of nitrogens with zero attached hydrogens (tertiary/aromatic N) is 3. The molecule has 0 aromatic carbocycles. The van der Waals surface area contributed by atoms with Crippen LogP contribution in [0.3, 0.4) is 0 Å². The zero-order valence-electron chi connectivity index (χ0n) is 12.5. The van der Waals surface area contributed by atoms with Crippen LogP contribution in [0.15, 0.2) is 23.4 Å². The molecule has 112 valence electrons. The second-order valence-corrected chi connectivity index (χ2v) is 7.27. The fourth-order valence-electron chi connectivity index (χ4n) is 2.03. The van der Waals surface area contributed by atoms with E-state index in [0.717, 1.165) is 11.4 Å². The van der Waals surface area contributed by atoms with Crippen LogP contribution in [0, 0.1) is 11.3 Å². The average molecular weight is 305 g/mol. The molecule has 0 saturated carbocycles. The molecule has 1 aromatic heterocycles. The number of hydrogen-bond acceptors (Lipinski definition) is 5. The Morgan fingerprint density at radius 1 is 1.57 bits per heavy atom. The first-order valence-electron chi connectivity index (χ1n) is 6.88. The molecule has 1 aliphatic rings. The van der Waals surface area contributed by atoms with Gasteiger partial charge >= 0.3 is 6.09 Å². The van der Waals surface area contributed by atoms with Gasteiger partial charge in [0.1, 0.15) is 5.60 Å². The van der Waals surface area contributed by atoms with Crippen LogP contribution in [0.5, 0.6) is 0 Å². The normalized spacial score (nSPS) is 18.4. The number of rotatable bonds is 2. The summed E-state index contributed by atoms with van der Waals surface area (Å²) in [4.78, 5) is 18.0. The monoisotopic (exact) mass is 305 g/mol. The first kappa shape index (κ1) is 15.6. The summed E-state index contributed by atoms with van der Waals surface area (Å²) in [5.74, 6) is 0. The van der Waals surface area contributed by atoms with Gasteiger partial charge in [-0.05, 0) is 39.3 Å². The summed E-state index contributed by atoms with van der Waals surface area (Å²) in [6, 6.07) is 5.57. The molecule has 0 bridgehead atoms. The lowest BCUT2D eigenvalue weighted by Gasteiger charge is -2.24. The van der Waals surface area contributed by atoms with Crippen LogP contribution in [0.2, 0.25) is 0 Å². The lowest BCUT2D eigenvalue weighted by Crippen LogP contribution is -2.35. The summed E-state index contributed by atoms with van der Waals surface area (Å²) in [6.45, 7) is 6.95. The molecule has 0 aliphatic carbocycles. The average Bonchev–Trinajstić information content (AvgIpc) is 2.85. The molecule has 0 radical (unpaired) electrons. The number of carbonyl (C=O) groups is 1. The number of amides is 1. The number of hydrogen-bond donors (Lipinski definition) is 0. The van der Waals surface area contributed by atoms with Crippen LogP contribution in [0.4, 0.5) is 4.79 Å². The predicted octanol–water partition coefficient (Wildman–Crippen LogP) is 3.05. The van der Waals surface area contributed by atoms with Crippen molar-refractivity contribution < 1.29 is 9.53 Å². The molecule has 1 saturated heterocycles. The van der Waals surface area contributed by atoms with Gasteiger partial charge in [-0.2, -0.15) is 5.26 Å². The van der Waals surface area contributed by atoms with Crippen molar-refractivity contribution in [2.24, 2.45) is 0 Å². The Morgan fingerprint density at radius 3 is 3.00 bits per heavy atom. The van der Waals surface area contributed by atoms with Gasteiger partial charge in [-0.1, -0.05) is 0 Å². The lowest BCUT2D eigenvalue weighted by atomic mass is 10.2. The van der Waals surface area contributed by atoms with Crippen molar-refractivity contribution in [1.82, 2.24) is 9.88 Å². The number of likely N-dealkylation sites (tertiary alicyclic amines) is 1. The molecule has 2 rings (SSSR count). The highest BCUT2D eigenvalue weighted by Gasteiger charge is 2.30. The van der Waals surface area contributed by atoms with E-state index in [0.29, 0.717) is 23.9 Å². The Bertz CT molecular complexity index is 563. The van der Waals surface area contributed by atoms with Crippen LogP contribution >= 0.6 is 11.8 Å². The van der Waals surface area contributed by atoms with Gasteiger partial charge in [-0.15, -0.1) is 11.8 Å². The number of carbonyl (C=O) groups excluding carboxylic acids is 1. The molecule has 1 atom stereocenters. The van der Waals surface area contributed by atoms with E-state index >= 15 is 0 Å². The van der Waals surface area contributed by atoms with E-state index in [1.54, 1.807) is 35.0 Å². The van der Waals surface area contributed by atoms with E-state index in [1.165, 1.54) is 0 Å². The number of thioether (sulfide) groups is 1. The molecule has 1 unspecified atom stereocenters. The topological polar surface area (TPSA) is 66.2 Å². The van der Waals surface area contributed by atoms with E-state index in [1.807, 2.05) is 20.8 Å². The van der Waals surface area contributed by atoms with Crippen molar-refractivity contribution in [2.45, 2.75) is 43.1 Å². The van der Waals surface area contributed by atoms with E-state index in [2.05, 4.69) is 11.1 Å². The minimum absolute atomic E-state index is 0.260. The molecule has 2 heterocycles. The van der Waals surface area contributed by atoms with Crippen molar-refractivity contribution in [3.05, 3.63) is 23.9 Å². The summed E-state index contributed by atoms with van der Waals surface area (Å²) >= 11 is 1.61. The Morgan fingerprint density at radius 2 is 2.33 bits per heavy atom. The maximum atomic E-state index is 12.0. The second-order valence-electron chi connectivity index (χ2n) is 5.95. The smallest absolute Gasteiger partial charge is 0.410 e. The zero-order valence-corrected chi connectivity index (χ0v) is 13.3. The molecule has 1 amide bonds. The van der Waals surface area contributed by atoms with Gasteiger partial charge in [0, 0.05) is 24.5 Å². The number of aromatic nitrogens is 1. The molecule has 1 fully saturated rings. The van der Waals surface area contributed by atoms with Crippen LogP contribution in [-0.2, 0) is 4.74 Å². The van der Waals surface area contributed by atoms with E-state index < -0.39 is 5.60 Å². The van der Waals surface area contributed by atoms with Gasteiger partial charge in [0.05, 0.1) is 16.7 Å². The van der Waals surface area contributed by atoms with Crippen LogP contribution < -0.4 is 0 Å². The van der Waals surface area contributed by atoms with Crippen LogP contribution in [0.25, 0.3) is 0 Å². The van der Waals surface area contributed by atoms with Crippen LogP contribution in [0.1, 0.15) is 32.8 Å². The molecule has 0 N–H and O–H groups in total. The van der Waals surface area contributed by atoms with Gasteiger partial charge < -0.3 is 9.64 Å². The van der Waals surface area contributed by atoms with Gasteiger partial charge in [-0.3, -0.25) is 0 Å². The minimum atomic E-state index is -0.467. The standard InChI is InChI=1S/C15H19N3O2S/c1-15(2,3)20-14(19)18-7-5-12(10-18)21-13-8-11(9-16)4-6-17-13/h4,6,8,12H,5,7,10H2,1-3H3. The highest BCUT2D eigenvalue weighted by atomic mass is 32.2. The van der Waals surface area contributed by atoms with Gasteiger partial charge in [-0.25, -0.2) is 9.78 Å². The minimum Gasteiger partial charge on any atom is -0.444 e. The summed E-state index contributed by atoms with van der Waals surface area (Å²) < 4.78 is 5.38. The molecule has 1 aromatic rings. The highest BCUT2D eigenvalue weighted by Crippen LogP contribution is 2.29. The van der Waals surface area contributed by atoms with E-state index in [-0.39, 0.29) is 6.09 Å². The van der Waals surface area contributed by atoms with E-state index in [4.69, 9.17) is 10.00 Å². The van der Waals surface area contributed by atoms with Gasteiger partial charge in [0.25, 0.3) is 0 Å². The third kappa shape index (κ3) is 4.64. The van der Waals surface area contributed by atoms with Crippen molar-refractivity contribution in [3.8, 4) is 6.07 Å². The summed E-state index contributed by atoms with van der Waals surface area (Å²) in [6.07, 6.45) is 2.29. The summed E-state index contributed by atoms with van der Waals surface area (Å²) in [5, 5.41) is 10.0. The van der Waals surface area contributed by atoms with Crippen molar-refractivity contribution >= 4 is 17.9 Å². The Kier molecular flexibility index (Phi) is 4.73. The molecule has 0 spiro atoms. The van der Waals surface area contributed by atoms with E-state index in [9.17, 15) is 4.79 Å². The largest absolute Gasteiger partial charge is 0.444 e. The zero-order chi connectivity index (χ0) is 15.5. The maximum absolute atomic E-state index is 12.0. The van der Waals surface area contributed by atoms with Crippen molar-refractivity contribution in [2.75, 3.05) is 13.1 Å². The van der Waals surface area contributed by atoms with Crippen molar-refractivity contribution in [1.29, 1.82) is 5.26 Å². The maximum Gasteiger partial charge on any atom is 0.410 e. The Hall–Kier alpha value is -1.74. The SMILES string of the molecule is CC(C)(C)OC(=O)N1CCC(Sc2cc(C#N)ccn2)C1. The molecule has 21 heavy (non-hydrogen) atoms. The number of nitriles is 1.